The zero-order valence-electron chi connectivity index (χ0n) is 28.7. The van der Waals surface area contributed by atoms with Crippen molar-refractivity contribution >= 4 is 17.3 Å². The summed E-state index contributed by atoms with van der Waals surface area (Å²) in [7, 11) is 0. The van der Waals surface area contributed by atoms with E-state index in [2.05, 4.69) is 13.0 Å². The summed E-state index contributed by atoms with van der Waals surface area (Å²) in [5, 5.41) is 52.8. The first-order valence-electron chi connectivity index (χ1n) is 17.1. The molecule has 0 aromatic heterocycles. The van der Waals surface area contributed by atoms with Crippen LogP contribution in [0, 0.1) is 45.3 Å². The van der Waals surface area contributed by atoms with Gasteiger partial charge >= 0.3 is 0 Å². The van der Waals surface area contributed by atoms with Gasteiger partial charge in [-0.05, 0) is 62.7 Å². The lowest BCUT2D eigenvalue weighted by Gasteiger charge is -2.64. The summed E-state index contributed by atoms with van der Waals surface area (Å²) in [6.45, 7) is 14.8. The molecule has 4 fully saturated rings. The maximum atomic E-state index is 14.8. The van der Waals surface area contributed by atoms with Crippen molar-refractivity contribution in [1.29, 1.82) is 0 Å². The molecule has 0 amide bonds. The third-order valence-electron chi connectivity index (χ3n) is 13.8. The van der Waals surface area contributed by atoms with Gasteiger partial charge in [0, 0.05) is 35.2 Å². The van der Waals surface area contributed by atoms with E-state index in [1.54, 1.807) is 20.8 Å². The molecule has 2 heterocycles. The summed E-state index contributed by atoms with van der Waals surface area (Å²) in [4.78, 5) is 42.3. The number of ether oxygens (including phenoxy) is 3. The van der Waals surface area contributed by atoms with Crippen LogP contribution in [0.25, 0.3) is 0 Å². The Morgan fingerprint density at radius 3 is 2.21 bits per heavy atom. The number of carbonyl (C=O) groups excluding carboxylic acids is 3. The Morgan fingerprint density at radius 2 is 1.62 bits per heavy atom. The zero-order chi connectivity index (χ0) is 34.8. The number of Topliss-reactive ketones (excluding diaryl/α,β-unsaturated/α-hetero) is 2. The van der Waals surface area contributed by atoms with E-state index >= 15 is 0 Å². The molecule has 47 heavy (non-hydrogen) atoms. The van der Waals surface area contributed by atoms with Gasteiger partial charge in [-0.3, -0.25) is 14.4 Å². The third kappa shape index (κ3) is 4.53. The molecule has 5 N–H and O–H groups in total. The van der Waals surface area contributed by atoms with Crippen LogP contribution in [-0.4, -0.2) is 98.0 Å². The summed E-state index contributed by atoms with van der Waals surface area (Å²) in [6.07, 6.45) is -4.79. The summed E-state index contributed by atoms with van der Waals surface area (Å²) in [5.41, 5.74) is -3.75. The topological polar surface area (TPSA) is 180 Å². The lowest BCUT2D eigenvalue weighted by Crippen LogP contribution is -2.66. The molecule has 14 unspecified atom stereocenters. The van der Waals surface area contributed by atoms with E-state index in [0.29, 0.717) is 18.6 Å². The van der Waals surface area contributed by atoms with Crippen molar-refractivity contribution in [2.24, 2.45) is 45.3 Å². The van der Waals surface area contributed by atoms with Gasteiger partial charge in [0.25, 0.3) is 0 Å². The predicted molar refractivity (Wildman–Crippen MR) is 167 cm³/mol. The second-order valence-corrected chi connectivity index (χ2v) is 16.8. The molecule has 0 bridgehead atoms. The lowest BCUT2D eigenvalue weighted by atomic mass is 9.38. The maximum Gasteiger partial charge on any atom is 0.202 e. The summed E-state index contributed by atoms with van der Waals surface area (Å²) < 4.78 is 18.1. The molecule has 11 heteroatoms. The molecule has 0 radical (unpaired) electrons. The van der Waals surface area contributed by atoms with Crippen LogP contribution in [-0.2, 0) is 28.6 Å². The minimum absolute atomic E-state index is 0.00000214. The maximum absolute atomic E-state index is 14.8. The predicted octanol–water partition coefficient (Wildman–Crippen LogP) is 2.00. The van der Waals surface area contributed by atoms with Crippen LogP contribution >= 0.6 is 0 Å². The first-order chi connectivity index (χ1) is 21.7. The standard InChI is InChI=1S/C36H52O11/c1-16(2)20-12-24(39)36(8,47-20)29-19(38)13-33(5)23-10-9-17-18(35(23,7)25(40)14-34(29,33)6)11-21(30(44)32(17,3)4)45-31-28(43)27(42)26(41)22(15-37)46-31/h9,12,16,18-19,21-23,26-29,31,37-38,41-43H,10-11,13-15H2,1-8H3. The van der Waals surface area contributed by atoms with E-state index in [1.807, 2.05) is 27.7 Å². The average Bonchev–Trinajstić information content (AvgIpc) is 3.40. The fraction of sp³-hybridized carbons (Fsp3) is 0.806. The summed E-state index contributed by atoms with van der Waals surface area (Å²) in [6, 6.07) is 0. The second kappa shape index (κ2) is 11.0. The monoisotopic (exact) mass is 660 g/mol. The fourth-order valence-electron chi connectivity index (χ4n) is 10.9. The van der Waals surface area contributed by atoms with Crippen LogP contribution in [0.15, 0.2) is 23.5 Å². The Balaban J connectivity index is 1.35. The van der Waals surface area contributed by atoms with Crippen molar-refractivity contribution in [2.75, 3.05) is 6.61 Å². The van der Waals surface area contributed by atoms with Gasteiger partial charge in [-0.1, -0.05) is 46.3 Å². The highest BCUT2D eigenvalue weighted by atomic mass is 16.7. The van der Waals surface area contributed by atoms with Crippen molar-refractivity contribution in [1.82, 2.24) is 0 Å². The quantitative estimate of drug-likeness (QED) is 0.272. The van der Waals surface area contributed by atoms with E-state index in [1.165, 1.54) is 6.08 Å². The molecule has 2 aliphatic heterocycles. The Kier molecular flexibility index (Phi) is 8.16. The highest BCUT2D eigenvalue weighted by Gasteiger charge is 2.75. The third-order valence-corrected chi connectivity index (χ3v) is 13.8. The number of fused-ring (bicyclic) bond motifs is 5. The van der Waals surface area contributed by atoms with E-state index < -0.39 is 88.6 Å². The number of hydrogen-bond donors (Lipinski definition) is 5. The molecule has 4 aliphatic carbocycles. The van der Waals surface area contributed by atoms with Crippen molar-refractivity contribution in [3.8, 4) is 0 Å². The summed E-state index contributed by atoms with van der Waals surface area (Å²) >= 11 is 0. The van der Waals surface area contributed by atoms with E-state index in [4.69, 9.17) is 14.2 Å². The van der Waals surface area contributed by atoms with Gasteiger partial charge < -0.3 is 39.7 Å². The fourth-order valence-corrected chi connectivity index (χ4v) is 10.9. The number of aliphatic hydroxyl groups excluding tert-OH is 5. The number of aliphatic hydroxyl groups is 5. The van der Waals surface area contributed by atoms with E-state index in [-0.39, 0.29) is 42.0 Å². The lowest BCUT2D eigenvalue weighted by molar-refractivity contribution is -0.311. The van der Waals surface area contributed by atoms with Gasteiger partial charge in [0.2, 0.25) is 5.78 Å². The van der Waals surface area contributed by atoms with E-state index in [9.17, 15) is 39.9 Å². The highest BCUT2D eigenvalue weighted by Crippen LogP contribution is 2.74. The Morgan fingerprint density at radius 1 is 0.957 bits per heavy atom. The molecule has 1 saturated heterocycles. The first kappa shape index (κ1) is 34.9. The molecule has 3 saturated carbocycles. The number of carbonyl (C=O) groups is 3. The minimum atomic E-state index is -1.67. The Bertz CT molecular complexity index is 1410. The SMILES string of the molecule is CC(C)C1=CC(=O)C(C)(C2C(O)CC3(C)C4CC=C5C(CC(OC6OC(CO)C(O)C(O)C6O)C(=O)C5(C)C)C4(C)C(=O)CC23C)O1. The molecule has 11 nitrogen and oxygen atoms in total. The zero-order valence-corrected chi connectivity index (χ0v) is 28.7. The van der Waals surface area contributed by atoms with Gasteiger partial charge in [-0.25, -0.2) is 0 Å². The largest absolute Gasteiger partial charge is 0.483 e. The number of allylic oxidation sites excluding steroid dienone is 3. The molecule has 262 valence electrons. The van der Waals surface area contributed by atoms with Gasteiger partial charge in [-0.2, -0.15) is 0 Å². The van der Waals surface area contributed by atoms with Gasteiger partial charge in [0.05, 0.1) is 12.7 Å². The molecular formula is C36H52O11. The van der Waals surface area contributed by atoms with Crippen molar-refractivity contribution in [3.63, 3.8) is 0 Å². The average molecular weight is 661 g/mol. The van der Waals surface area contributed by atoms with Crippen LogP contribution in [0.2, 0.25) is 0 Å². The van der Waals surface area contributed by atoms with Gasteiger partial charge in [0.15, 0.2) is 17.7 Å². The van der Waals surface area contributed by atoms with Crippen LogP contribution in [0.5, 0.6) is 0 Å². The smallest absolute Gasteiger partial charge is 0.202 e. The van der Waals surface area contributed by atoms with Gasteiger partial charge in [-0.15, -0.1) is 0 Å². The first-order valence-corrected chi connectivity index (χ1v) is 17.1. The molecule has 0 aromatic rings. The van der Waals surface area contributed by atoms with Crippen LogP contribution in [0.3, 0.4) is 0 Å². The number of hydrogen-bond acceptors (Lipinski definition) is 11. The summed E-state index contributed by atoms with van der Waals surface area (Å²) in [5.74, 6) is -1.14. The van der Waals surface area contributed by atoms with Crippen LogP contribution < -0.4 is 0 Å². The van der Waals surface area contributed by atoms with Crippen molar-refractivity contribution < 1.29 is 54.1 Å². The van der Waals surface area contributed by atoms with Gasteiger partial charge in [0.1, 0.15) is 42.1 Å². The highest BCUT2D eigenvalue weighted by molar-refractivity contribution is 6.00. The van der Waals surface area contributed by atoms with Crippen molar-refractivity contribution in [3.05, 3.63) is 23.5 Å². The van der Waals surface area contributed by atoms with Crippen molar-refractivity contribution in [2.45, 2.75) is 130 Å². The molecule has 0 spiro atoms. The molecule has 14 atom stereocenters. The molecule has 0 aromatic carbocycles. The Labute approximate surface area is 276 Å². The molecule has 6 rings (SSSR count). The minimum Gasteiger partial charge on any atom is -0.483 e. The molecule has 6 aliphatic rings. The van der Waals surface area contributed by atoms with Crippen LogP contribution in [0.1, 0.15) is 81.1 Å². The van der Waals surface area contributed by atoms with E-state index in [0.717, 1.165) is 5.57 Å². The number of ketones is 3. The second-order valence-electron chi connectivity index (χ2n) is 16.8. The van der Waals surface area contributed by atoms with Crippen LogP contribution in [0.4, 0.5) is 0 Å². The normalized spacial score (nSPS) is 50.8. The Hall–Kier alpha value is -1.99. The molecular weight excluding hydrogens is 608 g/mol. The number of rotatable bonds is 5.